The molecular weight excluding hydrogens is 280 g/mol. The summed E-state index contributed by atoms with van der Waals surface area (Å²) >= 11 is 0. The molecular formula is C12H14F4N2O2. The highest BCUT2D eigenvalue weighted by Crippen LogP contribution is 2.35. The molecule has 1 aliphatic heterocycles. The van der Waals surface area contributed by atoms with Gasteiger partial charge in [0.05, 0.1) is 4.92 Å². The van der Waals surface area contributed by atoms with Crippen LogP contribution in [0, 0.1) is 10.1 Å². The fourth-order valence-electron chi connectivity index (χ4n) is 2.51. The quantitative estimate of drug-likeness (QED) is 0.447. The van der Waals surface area contributed by atoms with Crippen molar-refractivity contribution in [2.24, 2.45) is 0 Å². The van der Waals surface area contributed by atoms with Gasteiger partial charge in [0.1, 0.15) is 6.17 Å². The van der Waals surface area contributed by atoms with Crippen molar-refractivity contribution in [1.29, 1.82) is 0 Å². The number of piperidine rings is 1. The summed E-state index contributed by atoms with van der Waals surface area (Å²) in [5.41, 5.74) is -1.45. The van der Waals surface area contributed by atoms with Gasteiger partial charge in [0.25, 0.3) is 5.70 Å². The Kier molecular flexibility index (Phi) is 4.12. The van der Waals surface area contributed by atoms with Gasteiger partial charge < -0.3 is 0 Å². The normalized spacial score (nSPS) is 26.1. The minimum absolute atomic E-state index is 0.253. The van der Waals surface area contributed by atoms with E-state index in [4.69, 9.17) is 0 Å². The minimum atomic E-state index is -4.58. The molecule has 112 valence electrons. The highest BCUT2D eigenvalue weighted by molar-refractivity contribution is 5.29. The van der Waals surface area contributed by atoms with Crippen molar-refractivity contribution in [3.63, 3.8) is 0 Å². The predicted molar refractivity (Wildman–Crippen MR) is 63.3 cm³/mol. The lowest BCUT2D eigenvalue weighted by Crippen LogP contribution is -2.43. The van der Waals surface area contributed by atoms with Crippen LogP contribution in [0.1, 0.15) is 19.3 Å². The molecule has 0 bridgehead atoms. The largest absolute Gasteiger partial charge is 0.413 e. The van der Waals surface area contributed by atoms with Crippen molar-refractivity contribution in [2.45, 2.75) is 37.7 Å². The second kappa shape index (κ2) is 5.51. The maximum Gasteiger partial charge on any atom is 0.413 e. The summed E-state index contributed by atoms with van der Waals surface area (Å²) in [5.74, 6) is 0. The number of allylic oxidation sites excluding steroid dienone is 1. The Morgan fingerprint density at radius 3 is 2.40 bits per heavy atom. The number of hydrogen-bond acceptors (Lipinski definition) is 3. The van der Waals surface area contributed by atoms with Crippen LogP contribution in [0.25, 0.3) is 0 Å². The van der Waals surface area contributed by atoms with Crippen LogP contribution in [-0.4, -0.2) is 41.3 Å². The van der Waals surface area contributed by atoms with Crippen LogP contribution in [0.4, 0.5) is 17.6 Å². The van der Waals surface area contributed by atoms with Gasteiger partial charge in [-0.15, -0.1) is 0 Å². The highest BCUT2D eigenvalue weighted by Gasteiger charge is 2.40. The van der Waals surface area contributed by atoms with E-state index in [2.05, 4.69) is 0 Å². The van der Waals surface area contributed by atoms with Gasteiger partial charge in [-0.3, -0.25) is 15.0 Å². The monoisotopic (exact) mass is 294 g/mol. The summed E-state index contributed by atoms with van der Waals surface area (Å²) in [5, 5.41) is 10.8. The molecule has 0 spiro atoms. The molecule has 0 N–H and O–H groups in total. The van der Waals surface area contributed by atoms with E-state index in [0.29, 0.717) is 19.2 Å². The van der Waals surface area contributed by atoms with E-state index in [-0.39, 0.29) is 19.3 Å². The molecule has 0 saturated carbocycles. The average Bonchev–Trinajstić information content (AvgIpc) is 2.38. The molecule has 2 rings (SSSR count). The molecule has 0 radical (unpaired) electrons. The van der Waals surface area contributed by atoms with E-state index in [0.717, 1.165) is 0 Å². The molecule has 1 atom stereocenters. The van der Waals surface area contributed by atoms with Crippen LogP contribution >= 0.6 is 0 Å². The minimum Gasteiger partial charge on any atom is -0.296 e. The Morgan fingerprint density at radius 2 is 1.90 bits per heavy atom. The molecule has 1 saturated heterocycles. The second-order valence-corrected chi connectivity index (χ2v) is 5.00. The highest BCUT2D eigenvalue weighted by atomic mass is 19.4. The van der Waals surface area contributed by atoms with Gasteiger partial charge in [0.15, 0.2) is 0 Å². The van der Waals surface area contributed by atoms with Gasteiger partial charge in [0, 0.05) is 36.9 Å². The molecule has 0 aromatic carbocycles. The molecule has 0 aromatic rings. The zero-order valence-electron chi connectivity index (χ0n) is 10.6. The van der Waals surface area contributed by atoms with Crippen molar-refractivity contribution in [1.82, 2.24) is 4.90 Å². The lowest BCUT2D eigenvalue weighted by molar-refractivity contribution is -0.420. The summed E-state index contributed by atoms with van der Waals surface area (Å²) in [7, 11) is 0. The zero-order chi connectivity index (χ0) is 14.9. The number of hydrogen-bond donors (Lipinski definition) is 0. The molecule has 0 aromatic heterocycles. The van der Waals surface area contributed by atoms with E-state index < -0.39 is 34.6 Å². The van der Waals surface area contributed by atoms with E-state index in [1.807, 2.05) is 0 Å². The second-order valence-electron chi connectivity index (χ2n) is 5.00. The first kappa shape index (κ1) is 15.0. The molecule has 4 nitrogen and oxygen atoms in total. The van der Waals surface area contributed by atoms with Gasteiger partial charge >= 0.3 is 6.18 Å². The average molecular weight is 294 g/mol. The van der Waals surface area contributed by atoms with Gasteiger partial charge in [0.2, 0.25) is 0 Å². The third-order valence-electron chi connectivity index (χ3n) is 3.62. The predicted octanol–water partition coefficient (Wildman–Crippen LogP) is 2.84. The van der Waals surface area contributed by atoms with Crippen molar-refractivity contribution < 1.29 is 22.5 Å². The van der Waals surface area contributed by atoms with Gasteiger partial charge in [-0.2, -0.15) is 13.2 Å². The zero-order valence-corrected chi connectivity index (χ0v) is 10.6. The number of likely N-dealkylation sites (tertiary alicyclic amines) is 1. The van der Waals surface area contributed by atoms with Gasteiger partial charge in [-0.25, -0.2) is 4.39 Å². The third-order valence-corrected chi connectivity index (χ3v) is 3.62. The van der Waals surface area contributed by atoms with Crippen LogP contribution in [0.5, 0.6) is 0 Å². The van der Waals surface area contributed by atoms with E-state index in [9.17, 15) is 27.7 Å². The Morgan fingerprint density at radius 1 is 1.30 bits per heavy atom. The fourth-order valence-corrected chi connectivity index (χ4v) is 2.51. The Hall–Kier alpha value is -1.44. The van der Waals surface area contributed by atoms with Crippen LogP contribution in [0.3, 0.4) is 0 Å². The summed E-state index contributed by atoms with van der Waals surface area (Å²) in [4.78, 5) is 11.6. The van der Waals surface area contributed by atoms with Crippen molar-refractivity contribution in [3.8, 4) is 0 Å². The lowest BCUT2D eigenvalue weighted by Gasteiger charge is -2.35. The first-order valence-electron chi connectivity index (χ1n) is 6.29. The number of alkyl halides is 4. The SMILES string of the molecule is O=[N+]([O-])C1=CC(N2CCC(F)CC2)CC(C(F)(F)F)=C1. The lowest BCUT2D eigenvalue weighted by atomic mass is 9.95. The molecule has 1 fully saturated rings. The number of halogens is 4. The smallest absolute Gasteiger partial charge is 0.296 e. The van der Waals surface area contributed by atoms with Crippen LogP contribution < -0.4 is 0 Å². The summed E-state index contributed by atoms with van der Waals surface area (Å²) in [6.45, 7) is 0.636. The summed E-state index contributed by atoms with van der Waals surface area (Å²) in [6, 6.07) is -0.690. The Bertz CT molecular complexity index is 451. The van der Waals surface area contributed by atoms with Crippen LogP contribution in [0.2, 0.25) is 0 Å². The molecule has 1 unspecified atom stereocenters. The molecule has 0 amide bonds. The number of nitrogens with zero attached hydrogens (tertiary/aromatic N) is 2. The number of rotatable bonds is 2. The first-order chi connectivity index (χ1) is 9.27. The topological polar surface area (TPSA) is 46.4 Å². The summed E-state index contributed by atoms with van der Waals surface area (Å²) in [6.07, 6.45) is -3.52. The Balaban J connectivity index is 2.19. The third kappa shape index (κ3) is 3.36. The van der Waals surface area contributed by atoms with Crippen LogP contribution in [-0.2, 0) is 0 Å². The van der Waals surface area contributed by atoms with Gasteiger partial charge in [-0.05, 0) is 19.3 Å². The van der Waals surface area contributed by atoms with Crippen LogP contribution in [0.15, 0.2) is 23.4 Å². The molecule has 1 aliphatic carbocycles. The fraction of sp³-hybridized carbons (Fsp3) is 0.667. The van der Waals surface area contributed by atoms with Gasteiger partial charge in [-0.1, -0.05) is 0 Å². The number of nitro groups is 1. The van der Waals surface area contributed by atoms with Crippen molar-refractivity contribution in [2.75, 3.05) is 13.1 Å². The van der Waals surface area contributed by atoms with Crippen molar-refractivity contribution >= 4 is 0 Å². The first-order valence-corrected chi connectivity index (χ1v) is 6.29. The maximum atomic E-state index is 13.1. The van der Waals surface area contributed by atoms with E-state index >= 15 is 0 Å². The van der Waals surface area contributed by atoms with Crippen molar-refractivity contribution in [3.05, 3.63) is 33.5 Å². The maximum absolute atomic E-state index is 13.1. The van der Waals surface area contributed by atoms with E-state index in [1.165, 1.54) is 6.08 Å². The molecule has 20 heavy (non-hydrogen) atoms. The Labute approximate surface area is 112 Å². The molecule has 2 aliphatic rings. The molecule has 1 heterocycles. The summed E-state index contributed by atoms with van der Waals surface area (Å²) < 4.78 is 51.4. The standard InChI is InChI=1S/C12H14F4N2O2/c13-9-1-3-17(4-2-9)10-5-8(12(14,15)16)6-11(7-10)18(19)20/h6-7,9-10H,1-5H2. The van der Waals surface area contributed by atoms with E-state index in [1.54, 1.807) is 4.90 Å². The molecule has 8 heteroatoms.